The van der Waals surface area contributed by atoms with E-state index in [9.17, 15) is 0 Å². The Kier molecular flexibility index (Phi) is 1.04. The molecule has 0 aliphatic carbocycles. The van der Waals surface area contributed by atoms with Crippen LogP contribution in [0.25, 0.3) is 6.01 Å². The Labute approximate surface area is 57.1 Å². The van der Waals surface area contributed by atoms with Crippen molar-refractivity contribution in [1.82, 2.24) is 14.7 Å². The normalized spacial score (nSPS) is 10.0. The Hall–Kier alpha value is -1.58. The molecular weight excluding hydrogens is 130 g/mol. The average molecular weight is 135 g/mol. The molecule has 4 nitrogen and oxygen atoms in total. The first-order valence-electron chi connectivity index (χ1n) is 2.87. The number of hydrogen-bond donors (Lipinski definition) is 0. The minimum Gasteiger partial charge on any atom is -0.315 e. The Balaban J connectivity index is 2.48. The lowest BCUT2D eigenvalue weighted by Crippen LogP contribution is -1.87. The molecule has 0 saturated heterocycles. The van der Waals surface area contributed by atoms with Crippen molar-refractivity contribution in [2.75, 3.05) is 0 Å². The molecule has 0 N–H and O–H groups in total. The standard InChI is InChI=1S/C6H5N3O/c1-2-4-9(3-1)6-7-5-8-10-6/h1-5H. The second-order valence-corrected chi connectivity index (χ2v) is 1.81. The lowest BCUT2D eigenvalue weighted by atomic mass is 10.7. The van der Waals surface area contributed by atoms with Crippen molar-refractivity contribution >= 4 is 0 Å². The van der Waals surface area contributed by atoms with Crippen LogP contribution in [0.1, 0.15) is 0 Å². The molecule has 0 aliphatic rings. The minimum absolute atomic E-state index is 0.491. The van der Waals surface area contributed by atoms with E-state index in [0.717, 1.165) is 0 Å². The fourth-order valence-corrected chi connectivity index (χ4v) is 0.743. The zero-order chi connectivity index (χ0) is 6.81. The third kappa shape index (κ3) is 0.699. The average Bonchev–Trinajstić information content (AvgIpc) is 2.59. The summed E-state index contributed by atoms with van der Waals surface area (Å²) in [5.41, 5.74) is 0. The van der Waals surface area contributed by atoms with Gasteiger partial charge in [0.15, 0.2) is 6.33 Å². The second kappa shape index (κ2) is 1.98. The van der Waals surface area contributed by atoms with E-state index in [1.54, 1.807) is 4.57 Å². The van der Waals surface area contributed by atoms with Gasteiger partial charge in [-0.1, -0.05) is 5.16 Å². The molecule has 0 aromatic carbocycles. The summed E-state index contributed by atoms with van der Waals surface area (Å²) in [6.45, 7) is 0. The first kappa shape index (κ1) is 5.22. The van der Waals surface area contributed by atoms with Gasteiger partial charge in [-0.2, -0.15) is 4.98 Å². The van der Waals surface area contributed by atoms with Crippen LogP contribution in [0.15, 0.2) is 35.4 Å². The first-order chi connectivity index (χ1) is 4.97. The van der Waals surface area contributed by atoms with Gasteiger partial charge in [-0.05, 0) is 12.1 Å². The van der Waals surface area contributed by atoms with Crippen molar-refractivity contribution in [2.45, 2.75) is 0 Å². The van der Waals surface area contributed by atoms with Crippen molar-refractivity contribution in [3.8, 4) is 6.01 Å². The fraction of sp³-hybridized carbons (Fsp3) is 0. The van der Waals surface area contributed by atoms with Gasteiger partial charge in [0.05, 0.1) is 0 Å². The molecule has 10 heavy (non-hydrogen) atoms. The third-order valence-corrected chi connectivity index (χ3v) is 1.17. The van der Waals surface area contributed by atoms with Crippen molar-refractivity contribution in [2.24, 2.45) is 0 Å². The maximum atomic E-state index is 4.78. The Bertz CT molecular complexity index is 252. The Morgan fingerprint density at radius 3 is 2.70 bits per heavy atom. The zero-order valence-electron chi connectivity index (χ0n) is 5.14. The molecule has 0 aliphatic heterocycles. The molecule has 0 atom stereocenters. The molecule has 0 unspecified atom stereocenters. The van der Waals surface area contributed by atoms with Crippen molar-refractivity contribution < 1.29 is 4.52 Å². The predicted molar refractivity (Wildman–Crippen MR) is 33.6 cm³/mol. The molecule has 50 valence electrons. The minimum atomic E-state index is 0.491. The smallest absolute Gasteiger partial charge is 0.315 e. The number of nitrogens with zero attached hydrogens (tertiary/aromatic N) is 3. The summed E-state index contributed by atoms with van der Waals surface area (Å²) < 4.78 is 6.52. The summed E-state index contributed by atoms with van der Waals surface area (Å²) in [5.74, 6) is 0. The van der Waals surface area contributed by atoms with E-state index in [1.165, 1.54) is 6.33 Å². The Morgan fingerprint density at radius 2 is 2.10 bits per heavy atom. The summed E-state index contributed by atoms with van der Waals surface area (Å²) in [6, 6.07) is 4.28. The van der Waals surface area contributed by atoms with Crippen LogP contribution in [0.4, 0.5) is 0 Å². The fourth-order valence-electron chi connectivity index (χ4n) is 0.743. The van der Waals surface area contributed by atoms with Crippen molar-refractivity contribution in [1.29, 1.82) is 0 Å². The maximum Gasteiger partial charge on any atom is 0.331 e. The van der Waals surface area contributed by atoms with Gasteiger partial charge in [0.25, 0.3) is 0 Å². The number of rotatable bonds is 1. The van der Waals surface area contributed by atoms with Crippen LogP contribution in [-0.4, -0.2) is 14.7 Å². The third-order valence-electron chi connectivity index (χ3n) is 1.17. The second-order valence-electron chi connectivity index (χ2n) is 1.81. The van der Waals surface area contributed by atoms with Crippen LogP contribution >= 0.6 is 0 Å². The van der Waals surface area contributed by atoms with Gasteiger partial charge >= 0.3 is 6.01 Å². The van der Waals surface area contributed by atoms with Gasteiger partial charge < -0.3 is 4.52 Å². The molecule has 0 bridgehead atoms. The van der Waals surface area contributed by atoms with Gasteiger partial charge in [-0.3, -0.25) is 4.57 Å². The summed E-state index contributed by atoms with van der Waals surface area (Å²) in [6.07, 6.45) is 5.05. The molecule has 0 spiro atoms. The highest BCUT2D eigenvalue weighted by atomic mass is 16.5. The first-order valence-corrected chi connectivity index (χ1v) is 2.87. The molecule has 2 aromatic heterocycles. The quantitative estimate of drug-likeness (QED) is 0.582. The van der Waals surface area contributed by atoms with E-state index >= 15 is 0 Å². The summed E-state index contributed by atoms with van der Waals surface area (Å²) in [5, 5.41) is 3.47. The van der Waals surface area contributed by atoms with E-state index in [2.05, 4.69) is 10.1 Å². The lowest BCUT2D eigenvalue weighted by Gasteiger charge is -1.88. The molecule has 0 amide bonds. The monoisotopic (exact) mass is 135 g/mol. The van der Waals surface area contributed by atoms with E-state index in [4.69, 9.17) is 4.52 Å². The van der Waals surface area contributed by atoms with Crippen LogP contribution in [0.3, 0.4) is 0 Å². The maximum absolute atomic E-state index is 4.78. The Morgan fingerprint density at radius 1 is 1.30 bits per heavy atom. The topological polar surface area (TPSA) is 43.9 Å². The summed E-state index contributed by atoms with van der Waals surface area (Å²) in [7, 11) is 0. The molecular formula is C6H5N3O. The summed E-state index contributed by atoms with van der Waals surface area (Å²) >= 11 is 0. The van der Waals surface area contributed by atoms with Crippen molar-refractivity contribution in [3.63, 3.8) is 0 Å². The van der Waals surface area contributed by atoms with Crippen LogP contribution in [0.5, 0.6) is 0 Å². The predicted octanol–water partition coefficient (Wildman–Crippen LogP) is 0.860. The molecule has 4 heteroatoms. The zero-order valence-corrected chi connectivity index (χ0v) is 5.14. The highest BCUT2D eigenvalue weighted by Crippen LogP contribution is 2.00. The van der Waals surface area contributed by atoms with Crippen LogP contribution < -0.4 is 0 Å². The molecule has 2 rings (SSSR count). The van der Waals surface area contributed by atoms with Crippen LogP contribution in [-0.2, 0) is 0 Å². The van der Waals surface area contributed by atoms with Gasteiger partial charge in [-0.15, -0.1) is 0 Å². The molecule has 0 radical (unpaired) electrons. The number of aromatic nitrogens is 3. The van der Waals surface area contributed by atoms with E-state index in [-0.39, 0.29) is 0 Å². The van der Waals surface area contributed by atoms with E-state index in [0.29, 0.717) is 6.01 Å². The van der Waals surface area contributed by atoms with E-state index < -0.39 is 0 Å². The van der Waals surface area contributed by atoms with E-state index in [1.807, 2.05) is 24.5 Å². The molecule has 0 fully saturated rings. The van der Waals surface area contributed by atoms with Gasteiger partial charge in [0, 0.05) is 12.4 Å². The largest absolute Gasteiger partial charge is 0.331 e. The lowest BCUT2D eigenvalue weighted by molar-refractivity contribution is 0.402. The van der Waals surface area contributed by atoms with Crippen LogP contribution in [0, 0.1) is 0 Å². The highest BCUT2D eigenvalue weighted by Gasteiger charge is 1.96. The summed E-state index contributed by atoms with van der Waals surface area (Å²) in [4.78, 5) is 3.84. The number of hydrogen-bond acceptors (Lipinski definition) is 3. The van der Waals surface area contributed by atoms with Gasteiger partial charge in [0.1, 0.15) is 0 Å². The van der Waals surface area contributed by atoms with Crippen molar-refractivity contribution in [3.05, 3.63) is 30.9 Å². The molecule has 2 aromatic rings. The molecule has 0 saturated carbocycles. The van der Waals surface area contributed by atoms with Crippen LogP contribution in [0.2, 0.25) is 0 Å². The van der Waals surface area contributed by atoms with Gasteiger partial charge in [0.2, 0.25) is 0 Å². The molecule has 2 heterocycles. The van der Waals surface area contributed by atoms with Gasteiger partial charge in [-0.25, -0.2) is 0 Å². The SMILES string of the molecule is c1ccn(-c2ncno2)c1. The highest BCUT2D eigenvalue weighted by molar-refractivity contribution is 5.06.